The van der Waals surface area contributed by atoms with Gasteiger partial charge in [-0.1, -0.05) is 20.8 Å². The molecule has 0 aromatic carbocycles. The monoisotopic (exact) mass is 298 g/mol. The van der Waals surface area contributed by atoms with Crippen LogP contribution in [0.3, 0.4) is 0 Å². The SMILES string of the molecule is CCCn1c(N)c(NC(CO)CC(C)C)c(=O)n(C)c1=O. The van der Waals surface area contributed by atoms with Crippen LogP contribution in [0.15, 0.2) is 9.59 Å². The summed E-state index contributed by atoms with van der Waals surface area (Å²) in [6.45, 7) is 6.34. The van der Waals surface area contributed by atoms with Crippen molar-refractivity contribution in [2.75, 3.05) is 17.7 Å². The van der Waals surface area contributed by atoms with Crippen LogP contribution in [0.25, 0.3) is 0 Å². The predicted molar refractivity (Wildman–Crippen MR) is 84.6 cm³/mol. The molecule has 1 aromatic heterocycles. The molecule has 0 aliphatic carbocycles. The van der Waals surface area contributed by atoms with E-state index in [1.54, 1.807) is 0 Å². The number of hydrogen-bond acceptors (Lipinski definition) is 5. The van der Waals surface area contributed by atoms with E-state index < -0.39 is 11.2 Å². The molecule has 1 rings (SSSR count). The van der Waals surface area contributed by atoms with Gasteiger partial charge in [-0.25, -0.2) is 4.79 Å². The highest BCUT2D eigenvalue weighted by Gasteiger charge is 2.18. The molecule has 21 heavy (non-hydrogen) atoms. The van der Waals surface area contributed by atoms with Gasteiger partial charge in [-0.15, -0.1) is 0 Å². The summed E-state index contributed by atoms with van der Waals surface area (Å²) in [5.74, 6) is 0.494. The van der Waals surface area contributed by atoms with Crippen LogP contribution in [0.5, 0.6) is 0 Å². The van der Waals surface area contributed by atoms with Crippen molar-refractivity contribution in [2.24, 2.45) is 13.0 Å². The summed E-state index contributed by atoms with van der Waals surface area (Å²) in [5.41, 5.74) is 5.28. The lowest BCUT2D eigenvalue weighted by atomic mass is 10.0. The summed E-state index contributed by atoms with van der Waals surface area (Å²) >= 11 is 0. The number of aliphatic hydroxyl groups is 1. The van der Waals surface area contributed by atoms with E-state index in [-0.39, 0.29) is 24.2 Å². The molecule has 1 heterocycles. The minimum absolute atomic E-state index is 0.103. The predicted octanol–water partition coefficient (Wildman–Crippen LogP) is 0.358. The van der Waals surface area contributed by atoms with E-state index >= 15 is 0 Å². The second-order valence-electron chi connectivity index (χ2n) is 5.71. The smallest absolute Gasteiger partial charge is 0.332 e. The highest BCUT2D eigenvalue weighted by molar-refractivity contribution is 5.61. The lowest BCUT2D eigenvalue weighted by molar-refractivity contribution is 0.259. The molecule has 0 aliphatic rings. The Morgan fingerprint density at radius 1 is 1.33 bits per heavy atom. The van der Waals surface area contributed by atoms with E-state index in [4.69, 9.17) is 5.73 Å². The Labute approximate surface area is 124 Å². The first-order chi connectivity index (χ1) is 9.83. The Morgan fingerprint density at radius 2 is 1.95 bits per heavy atom. The Morgan fingerprint density at radius 3 is 2.43 bits per heavy atom. The van der Waals surface area contributed by atoms with Gasteiger partial charge in [-0.05, 0) is 18.8 Å². The van der Waals surface area contributed by atoms with E-state index in [1.165, 1.54) is 11.6 Å². The van der Waals surface area contributed by atoms with Gasteiger partial charge in [0.15, 0.2) is 0 Å². The molecule has 0 amide bonds. The van der Waals surface area contributed by atoms with E-state index in [1.807, 2.05) is 20.8 Å². The fraction of sp³-hybridized carbons (Fsp3) is 0.714. The van der Waals surface area contributed by atoms with Crippen LogP contribution in [0.1, 0.15) is 33.6 Å². The van der Waals surface area contributed by atoms with Crippen LogP contribution in [0.2, 0.25) is 0 Å². The number of nitrogen functional groups attached to an aromatic ring is 1. The zero-order valence-electron chi connectivity index (χ0n) is 13.2. The topological polar surface area (TPSA) is 102 Å². The Kier molecular flexibility index (Phi) is 6.02. The molecule has 0 spiro atoms. The molecule has 4 N–H and O–H groups in total. The van der Waals surface area contributed by atoms with Crippen LogP contribution in [-0.4, -0.2) is 26.9 Å². The van der Waals surface area contributed by atoms with Crippen molar-refractivity contribution >= 4 is 11.5 Å². The average Bonchev–Trinajstić information content (AvgIpc) is 2.44. The standard InChI is InChI=1S/C14H26N4O3/c1-5-6-18-12(15)11(13(20)17(4)14(18)21)16-10(8-19)7-9(2)3/h9-10,16,19H,5-8,15H2,1-4H3. The van der Waals surface area contributed by atoms with Gasteiger partial charge in [0, 0.05) is 19.6 Å². The third kappa shape index (κ3) is 3.87. The maximum atomic E-state index is 12.2. The Hall–Kier alpha value is -1.76. The first kappa shape index (κ1) is 17.3. The Bertz CT molecular complexity index is 589. The van der Waals surface area contributed by atoms with Crippen LogP contribution in [0, 0.1) is 5.92 Å². The van der Waals surface area contributed by atoms with E-state index in [2.05, 4.69) is 5.32 Å². The number of nitrogens with zero attached hydrogens (tertiary/aromatic N) is 2. The van der Waals surface area contributed by atoms with Gasteiger partial charge in [-0.3, -0.25) is 13.9 Å². The van der Waals surface area contributed by atoms with Gasteiger partial charge in [0.25, 0.3) is 5.56 Å². The summed E-state index contributed by atoms with van der Waals surface area (Å²) in [4.78, 5) is 24.3. The normalized spacial score (nSPS) is 12.7. The maximum absolute atomic E-state index is 12.2. The first-order valence-corrected chi connectivity index (χ1v) is 7.30. The number of aromatic nitrogens is 2. The van der Waals surface area contributed by atoms with Crippen molar-refractivity contribution in [1.82, 2.24) is 9.13 Å². The molecule has 1 unspecified atom stereocenters. The maximum Gasteiger partial charge on any atom is 0.332 e. The quantitative estimate of drug-likeness (QED) is 0.674. The summed E-state index contributed by atoms with van der Waals surface area (Å²) in [6.07, 6.45) is 1.43. The average molecular weight is 298 g/mol. The van der Waals surface area contributed by atoms with Crippen molar-refractivity contribution < 1.29 is 5.11 Å². The molecule has 0 aliphatic heterocycles. The first-order valence-electron chi connectivity index (χ1n) is 7.30. The number of rotatable bonds is 7. The highest BCUT2D eigenvalue weighted by Crippen LogP contribution is 2.15. The van der Waals surface area contributed by atoms with Crippen molar-refractivity contribution in [2.45, 2.75) is 46.2 Å². The lowest BCUT2D eigenvalue weighted by Crippen LogP contribution is -2.42. The van der Waals surface area contributed by atoms with Crippen molar-refractivity contribution in [1.29, 1.82) is 0 Å². The second-order valence-corrected chi connectivity index (χ2v) is 5.71. The summed E-state index contributed by atoms with van der Waals surface area (Å²) in [5, 5.41) is 12.4. The zero-order chi connectivity index (χ0) is 16.2. The van der Waals surface area contributed by atoms with Crippen molar-refractivity contribution in [3.8, 4) is 0 Å². The van der Waals surface area contributed by atoms with Crippen LogP contribution >= 0.6 is 0 Å². The molecule has 7 heteroatoms. The molecule has 1 aromatic rings. The van der Waals surface area contributed by atoms with E-state index in [9.17, 15) is 14.7 Å². The summed E-state index contributed by atoms with van der Waals surface area (Å²) in [6, 6.07) is -0.271. The molecule has 0 saturated carbocycles. The minimum Gasteiger partial charge on any atom is -0.394 e. The molecule has 0 fully saturated rings. The van der Waals surface area contributed by atoms with Gasteiger partial charge >= 0.3 is 5.69 Å². The molecule has 0 bridgehead atoms. The minimum atomic E-state index is -0.466. The van der Waals surface area contributed by atoms with Gasteiger partial charge in [0.2, 0.25) is 0 Å². The molecular formula is C14H26N4O3. The van der Waals surface area contributed by atoms with Crippen LogP contribution in [0.4, 0.5) is 11.5 Å². The number of nitrogens with two attached hydrogens (primary N) is 1. The molecular weight excluding hydrogens is 272 g/mol. The van der Waals surface area contributed by atoms with Gasteiger partial charge < -0.3 is 16.2 Å². The number of hydrogen-bond donors (Lipinski definition) is 3. The van der Waals surface area contributed by atoms with E-state index in [0.717, 1.165) is 11.0 Å². The van der Waals surface area contributed by atoms with Crippen LogP contribution in [-0.2, 0) is 13.6 Å². The van der Waals surface area contributed by atoms with Gasteiger partial charge in [0.1, 0.15) is 11.5 Å². The number of nitrogens with one attached hydrogen (secondary N) is 1. The molecule has 0 saturated heterocycles. The molecule has 0 radical (unpaired) electrons. The largest absolute Gasteiger partial charge is 0.394 e. The van der Waals surface area contributed by atoms with Crippen LogP contribution < -0.4 is 22.3 Å². The molecule has 120 valence electrons. The second kappa shape index (κ2) is 7.31. The number of anilines is 2. The van der Waals surface area contributed by atoms with Gasteiger partial charge in [-0.2, -0.15) is 0 Å². The highest BCUT2D eigenvalue weighted by atomic mass is 16.3. The summed E-state index contributed by atoms with van der Waals surface area (Å²) < 4.78 is 2.42. The zero-order valence-corrected chi connectivity index (χ0v) is 13.2. The molecule has 1 atom stereocenters. The third-order valence-corrected chi connectivity index (χ3v) is 3.36. The lowest BCUT2D eigenvalue weighted by Gasteiger charge is -2.22. The number of aliphatic hydroxyl groups excluding tert-OH is 1. The molecule has 7 nitrogen and oxygen atoms in total. The van der Waals surface area contributed by atoms with Crippen molar-refractivity contribution in [3.05, 3.63) is 20.8 Å². The third-order valence-electron chi connectivity index (χ3n) is 3.36. The fourth-order valence-corrected chi connectivity index (χ4v) is 2.31. The van der Waals surface area contributed by atoms with E-state index in [0.29, 0.717) is 18.9 Å². The van der Waals surface area contributed by atoms with Gasteiger partial charge in [0.05, 0.1) is 6.61 Å². The summed E-state index contributed by atoms with van der Waals surface area (Å²) in [7, 11) is 1.43. The Balaban J connectivity index is 3.29. The fourth-order valence-electron chi connectivity index (χ4n) is 2.31. The van der Waals surface area contributed by atoms with Crippen molar-refractivity contribution in [3.63, 3.8) is 0 Å².